The van der Waals surface area contributed by atoms with E-state index in [1.165, 1.54) is 23.0 Å². The summed E-state index contributed by atoms with van der Waals surface area (Å²) in [7, 11) is 0. The average Bonchev–Trinajstić information content (AvgIpc) is 3.27. The Labute approximate surface area is 184 Å². The van der Waals surface area contributed by atoms with E-state index in [0.717, 1.165) is 18.2 Å². The Kier molecular flexibility index (Phi) is 5.13. The normalized spacial score (nSPS) is 17.2. The van der Waals surface area contributed by atoms with Crippen LogP contribution in [0.4, 0.5) is 5.69 Å². The van der Waals surface area contributed by atoms with Crippen LogP contribution in [0, 0.1) is 36.4 Å². The fourth-order valence-electron chi connectivity index (χ4n) is 3.55. The van der Waals surface area contributed by atoms with E-state index in [4.69, 9.17) is 0 Å². The largest absolute Gasteiger partial charge is 1.00 e. The zero-order valence-electron chi connectivity index (χ0n) is 14.8. The van der Waals surface area contributed by atoms with Crippen LogP contribution in [-0.2, 0) is 0 Å². The van der Waals surface area contributed by atoms with Crippen molar-refractivity contribution >= 4 is 17.0 Å². The zero-order valence-corrected chi connectivity index (χ0v) is 16.8. The molecule has 0 aliphatic heterocycles. The van der Waals surface area contributed by atoms with Gasteiger partial charge < -0.3 is 4.57 Å². The van der Waals surface area contributed by atoms with Crippen molar-refractivity contribution in [2.24, 2.45) is 0 Å². The molecule has 4 rings (SSSR count). The molecule has 140 valence electrons. The molecule has 2 aromatic rings. The van der Waals surface area contributed by atoms with Crippen molar-refractivity contribution in [2.45, 2.75) is 6.04 Å². The summed E-state index contributed by atoms with van der Waals surface area (Å²) in [5, 5.41) is 34.2. The van der Waals surface area contributed by atoms with E-state index >= 15 is 0 Å². The number of allylic oxidation sites excluding steroid dienone is 1. The molecule has 1 aromatic carbocycles. The molecule has 0 bridgehead atoms. The molecular weight excluding hydrogens is 395 g/mol. The van der Waals surface area contributed by atoms with Gasteiger partial charge in [0.1, 0.15) is 11.7 Å². The number of hydrogen-bond acceptors (Lipinski definition) is 7. The monoisotopic (exact) mass is 404 g/mol. The number of carbonyl (C=O) groups is 1. The number of nitrogens with zero attached hydrogens (tertiary/aromatic N) is 4. The van der Waals surface area contributed by atoms with Gasteiger partial charge in [-0.15, -0.1) is 0 Å². The minimum absolute atomic E-state index is 0. The number of rotatable bonds is 4. The summed E-state index contributed by atoms with van der Waals surface area (Å²) in [6.45, 7) is 0. The maximum atomic E-state index is 13.1. The van der Waals surface area contributed by atoms with Crippen LogP contribution in [0.15, 0.2) is 60.1 Å². The maximum Gasteiger partial charge on any atom is 1.00 e. The molecule has 11 nitrogen and oxygen atoms in total. The Morgan fingerprint density at radius 2 is 1.62 bits per heavy atom. The number of ketones is 1. The van der Waals surface area contributed by atoms with Crippen molar-refractivity contribution in [3.63, 3.8) is 0 Å². The topological polar surface area (TPSA) is 151 Å². The van der Waals surface area contributed by atoms with Gasteiger partial charge in [0.05, 0.1) is 11.0 Å². The van der Waals surface area contributed by atoms with Crippen LogP contribution in [0.5, 0.6) is 0 Å². The van der Waals surface area contributed by atoms with Crippen LogP contribution in [-0.4, -0.2) is 25.1 Å². The summed E-state index contributed by atoms with van der Waals surface area (Å²) in [5.74, 6) is -0.709. The van der Waals surface area contributed by atoms with E-state index in [0.29, 0.717) is 0 Å². The van der Waals surface area contributed by atoms with E-state index in [2.05, 4.69) is 0 Å². The SMILES string of the molecule is O=C1C2=C(C([N+](=O)[O-])=C[C-]([N+](=O)[O-])C2n2cccc2)c2ccc([N+](=O)[O-])cc21.[Na+]. The second-order valence-electron chi connectivity index (χ2n) is 6.11. The smallest absolute Gasteiger partial charge is 0.353 e. The Morgan fingerprint density at radius 1 is 0.966 bits per heavy atom. The number of aromatic nitrogens is 1. The van der Waals surface area contributed by atoms with Crippen molar-refractivity contribution in [3.05, 3.63) is 108 Å². The molecule has 0 amide bonds. The van der Waals surface area contributed by atoms with E-state index in [1.54, 1.807) is 12.1 Å². The van der Waals surface area contributed by atoms with Gasteiger partial charge in [-0.2, -0.15) is 0 Å². The predicted octanol–water partition coefficient (Wildman–Crippen LogP) is -0.426. The van der Waals surface area contributed by atoms with Gasteiger partial charge in [-0.05, 0) is 39.2 Å². The third-order valence-corrected chi connectivity index (χ3v) is 4.67. The first-order valence-electron chi connectivity index (χ1n) is 7.89. The second kappa shape index (κ2) is 7.28. The Morgan fingerprint density at radius 3 is 2.17 bits per heavy atom. The average molecular weight is 404 g/mol. The van der Waals surface area contributed by atoms with E-state index < -0.39 is 38.3 Å². The van der Waals surface area contributed by atoms with Crippen molar-refractivity contribution in [3.8, 4) is 0 Å². The van der Waals surface area contributed by atoms with E-state index in [1.807, 2.05) is 0 Å². The number of carbonyl (C=O) groups excluding carboxylic acids is 1. The molecular formula is C17H9N4NaO7. The number of benzene rings is 1. The van der Waals surface area contributed by atoms with Gasteiger partial charge in [-0.1, -0.05) is 6.08 Å². The summed E-state index contributed by atoms with van der Waals surface area (Å²) in [6.07, 6.45) is 3.85. The minimum atomic E-state index is -1.19. The third-order valence-electron chi connectivity index (χ3n) is 4.67. The number of hydrogen-bond donors (Lipinski definition) is 0. The number of nitro benzene ring substituents is 1. The summed E-state index contributed by atoms with van der Waals surface area (Å²) in [5.41, 5.74) is -1.08. The quantitative estimate of drug-likeness (QED) is 0.290. The summed E-state index contributed by atoms with van der Waals surface area (Å²) >= 11 is 0. The molecule has 29 heavy (non-hydrogen) atoms. The van der Waals surface area contributed by atoms with Gasteiger partial charge in [-0.25, -0.2) is 0 Å². The third kappa shape index (κ3) is 3.05. The standard InChI is InChI=1S/C17H9N4O7.Na/c22-17-11-7-9(19(23)24)3-4-10(11)14-12(20(25)26)8-13(21(27)28)16(15(14)17)18-5-1-2-6-18;/h1-8,16H;/q-1;+1. The molecule has 1 heterocycles. The maximum absolute atomic E-state index is 13.1. The van der Waals surface area contributed by atoms with E-state index in [9.17, 15) is 35.1 Å². The van der Waals surface area contributed by atoms with Crippen LogP contribution in [0.2, 0.25) is 0 Å². The van der Waals surface area contributed by atoms with Gasteiger partial charge in [0.25, 0.3) is 5.69 Å². The first-order valence-corrected chi connectivity index (χ1v) is 7.89. The molecule has 0 spiro atoms. The molecule has 0 N–H and O–H groups in total. The molecule has 0 saturated heterocycles. The van der Waals surface area contributed by atoms with Crippen molar-refractivity contribution in [1.29, 1.82) is 0 Å². The van der Waals surface area contributed by atoms with Gasteiger partial charge in [0, 0.05) is 35.7 Å². The molecule has 1 unspecified atom stereocenters. The molecule has 1 aromatic heterocycles. The summed E-state index contributed by atoms with van der Waals surface area (Å²) in [6, 6.07) is 4.90. The predicted molar refractivity (Wildman–Crippen MR) is 93.1 cm³/mol. The molecule has 0 fully saturated rings. The van der Waals surface area contributed by atoms with Gasteiger partial charge >= 0.3 is 29.6 Å². The van der Waals surface area contributed by atoms with Crippen molar-refractivity contribution in [1.82, 2.24) is 4.57 Å². The molecule has 2 aliphatic carbocycles. The van der Waals surface area contributed by atoms with Crippen LogP contribution >= 0.6 is 0 Å². The first-order chi connectivity index (χ1) is 13.3. The fraction of sp³-hybridized carbons (Fsp3) is 0.0588. The fourth-order valence-corrected chi connectivity index (χ4v) is 3.55. The molecule has 12 heteroatoms. The number of non-ortho nitro benzene ring substituents is 1. The first kappa shape index (κ1) is 20.5. The van der Waals surface area contributed by atoms with Crippen molar-refractivity contribution < 1.29 is 49.1 Å². The number of Topliss-reactive ketones (excluding diaryl/α,β-unsaturated/α-hetero) is 1. The Hall–Kier alpha value is -3.28. The van der Waals surface area contributed by atoms with E-state index in [-0.39, 0.29) is 57.5 Å². The zero-order chi connectivity index (χ0) is 20.2. The number of nitro groups is 3. The molecule has 0 radical (unpaired) electrons. The van der Waals surface area contributed by atoms with Crippen LogP contribution in [0.25, 0.3) is 5.57 Å². The van der Waals surface area contributed by atoms with Gasteiger partial charge in [0.15, 0.2) is 5.78 Å². The minimum Gasteiger partial charge on any atom is -0.353 e. The van der Waals surface area contributed by atoms with Crippen LogP contribution in [0.1, 0.15) is 22.0 Å². The van der Waals surface area contributed by atoms with Crippen LogP contribution in [0.3, 0.4) is 0 Å². The summed E-state index contributed by atoms with van der Waals surface area (Å²) in [4.78, 5) is 45.1. The molecule has 1 atom stereocenters. The van der Waals surface area contributed by atoms with Gasteiger partial charge in [-0.3, -0.25) is 35.1 Å². The number of fused-ring (bicyclic) bond motifs is 2. The van der Waals surface area contributed by atoms with Crippen LogP contribution < -0.4 is 29.6 Å². The molecule has 0 saturated carbocycles. The summed E-state index contributed by atoms with van der Waals surface area (Å²) < 4.78 is 1.40. The Bertz CT molecular complexity index is 1140. The molecule has 2 aliphatic rings. The Balaban J connectivity index is 0.00000240. The van der Waals surface area contributed by atoms with Gasteiger partial charge in [0.2, 0.25) is 0 Å². The van der Waals surface area contributed by atoms with Crippen molar-refractivity contribution in [2.75, 3.05) is 0 Å². The second-order valence-corrected chi connectivity index (χ2v) is 6.11.